The maximum atomic E-state index is 10.9. The van der Waals surface area contributed by atoms with Crippen molar-refractivity contribution >= 4 is 16.9 Å². The van der Waals surface area contributed by atoms with E-state index in [9.17, 15) is 9.90 Å². The van der Waals surface area contributed by atoms with Crippen LogP contribution in [0.5, 0.6) is 0 Å². The molecule has 2 aromatic rings. The van der Waals surface area contributed by atoms with E-state index in [1.807, 2.05) is 12.1 Å². The Labute approximate surface area is 98.5 Å². The fraction of sp³-hybridized carbons (Fsp3) is 0.308. The summed E-state index contributed by atoms with van der Waals surface area (Å²) >= 11 is 0. The van der Waals surface area contributed by atoms with Crippen LogP contribution in [-0.2, 0) is 10.2 Å². The van der Waals surface area contributed by atoms with E-state index >= 15 is 0 Å². The van der Waals surface area contributed by atoms with Gasteiger partial charge in [0.2, 0.25) is 0 Å². The highest BCUT2D eigenvalue weighted by Crippen LogP contribution is 2.30. The second-order valence-corrected chi connectivity index (χ2v) is 4.64. The van der Waals surface area contributed by atoms with Gasteiger partial charge in [0.05, 0.1) is 6.26 Å². The lowest BCUT2D eigenvalue weighted by atomic mass is 9.79. The van der Waals surface area contributed by atoms with Gasteiger partial charge in [0, 0.05) is 10.8 Å². The van der Waals surface area contributed by atoms with Gasteiger partial charge in [-0.3, -0.25) is 0 Å². The molecule has 1 heterocycles. The molecule has 17 heavy (non-hydrogen) atoms. The summed E-state index contributed by atoms with van der Waals surface area (Å²) in [4.78, 5) is 10.9. The van der Waals surface area contributed by atoms with Crippen LogP contribution < -0.4 is 0 Å². The van der Waals surface area contributed by atoms with Gasteiger partial charge in [-0.15, -0.1) is 0 Å². The number of carboxylic acids is 1. The molecule has 1 atom stereocenters. The molecule has 4 heteroatoms. The summed E-state index contributed by atoms with van der Waals surface area (Å²) in [6.07, 6.45) is 0.140. The Hall–Kier alpha value is -1.81. The molecule has 1 aromatic heterocycles. The highest BCUT2D eigenvalue weighted by atomic mass is 16.4. The van der Waals surface area contributed by atoms with Crippen molar-refractivity contribution in [2.45, 2.75) is 25.4 Å². The van der Waals surface area contributed by atoms with Crippen molar-refractivity contribution in [3.8, 4) is 0 Å². The number of furan rings is 1. The Kier molecular flexibility index (Phi) is 2.67. The topological polar surface area (TPSA) is 70.7 Å². The lowest BCUT2D eigenvalue weighted by Gasteiger charge is -2.28. The molecule has 0 aliphatic rings. The van der Waals surface area contributed by atoms with Crippen molar-refractivity contribution in [3.63, 3.8) is 0 Å². The van der Waals surface area contributed by atoms with Crippen LogP contribution in [0.4, 0.5) is 0 Å². The minimum atomic E-state index is -1.44. The molecule has 0 amide bonds. The van der Waals surface area contributed by atoms with Gasteiger partial charge in [-0.1, -0.05) is 19.9 Å². The molecule has 0 radical (unpaired) electrons. The van der Waals surface area contributed by atoms with Crippen LogP contribution in [0.25, 0.3) is 11.0 Å². The molecule has 0 spiro atoms. The van der Waals surface area contributed by atoms with Gasteiger partial charge in [0.15, 0.2) is 6.10 Å². The highest BCUT2D eigenvalue weighted by molar-refractivity contribution is 5.79. The number of rotatable bonds is 3. The summed E-state index contributed by atoms with van der Waals surface area (Å²) in [5.74, 6) is -1.22. The zero-order chi connectivity index (χ0) is 12.6. The van der Waals surface area contributed by atoms with Crippen LogP contribution in [0, 0.1) is 0 Å². The molecule has 0 aliphatic heterocycles. The van der Waals surface area contributed by atoms with Crippen molar-refractivity contribution in [1.29, 1.82) is 0 Å². The van der Waals surface area contributed by atoms with Gasteiger partial charge in [-0.25, -0.2) is 4.79 Å². The molecule has 4 nitrogen and oxygen atoms in total. The van der Waals surface area contributed by atoms with Crippen molar-refractivity contribution in [2.75, 3.05) is 0 Å². The van der Waals surface area contributed by atoms with Crippen molar-refractivity contribution in [1.82, 2.24) is 0 Å². The lowest BCUT2D eigenvalue weighted by Crippen LogP contribution is -2.39. The van der Waals surface area contributed by atoms with Crippen LogP contribution in [0.1, 0.15) is 19.4 Å². The van der Waals surface area contributed by atoms with Crippen LogP contribution in [0.15, 0.2) is 34.9 Å². The number of carboxylic acid groups (broad SMARTS) is 1. The molecule has 0 saturated heterocycles. The van der Waals surface area contributed by atoms with E-state index in [0.717, 1.165) is 16.5 Å². The summed E-state index contributed by atoms with van der Waals surface area (Å²) in [6.45, 7) is 3.40. The number of hydrogen-bond acceptors (Lipinski definition) is 3. The summed E-state index contributed by atoms with van der Waals surface area (Å²) in [6, 6.07) is 7.20. The summed E-state index contributed by atoms with van der Waals surface area (Å²) < 4.78 is 5.21. The molecule has 0 aliphatic carbocycles. The SMILES string of the molecule is CC(C)(c1ccc2occc2c1)C(O)C(=O)O. The number of aliphatic hydroxyl groups is 1. The van der Waals surface area contributed by atoms with Gasteiger partial charge in [0.25, 0.3) is 0 Å². The van der Waals surface area contributed by atoms with E-state index < -0.39 is 17.5 Å². The van der Waals surface area contributed by atoms with Crippen molar-refractivity contribution < 1.29 is 19.4 Å². The Morgan fingerprint density at radius 3 is 2.71 bits per heavy atom. The van der Waals surface area contributed by atoms with Gasteiger partial charge >= 0.3 is 5.97 Å². The molecule has 1 unspecified atom stereocenters. The average molecular weight is 234 g/mol. The lowest BCUT2D eigenvalue weighted by molar-refractivity contribution is -0.150. The van der Waals surface area contributed by atoms with E-state index in [2.05, 4.69) is 0 Å². The smallest absolute Gasteiger partial charge is 0.333 e. The number of aliphatic carboxylic acids is 1. The largest absolute Gasteiger partial charge is 0.479 e. The molecule has 0 saturated carbocycles. The first-order valence-corrected chi connectivity index (χ1v) is 5.31. The standard InChI is InChI=1S/C13H14O4/c1-13(2,11(14)12(15)16)9-3-4-10-8(7-9)5-6-17-10/h3-7,11,14H,1-2H3,(H,15,16). The predicted molar refractivity (Wildman–Crippen MR) is 62.9 cm³/mol. The quantitative estimate of drug-likeness (QED) is 0.853. The maximum Gasteiger partial charge on any atom is 0.333 e. The van der Waals surface area contributed by atoms with E-state index in [-0.39, 0.29) is 0 Å². The number of benzene rings is 1. The molecule has 0 fully saturated rings. The first-order chi connectivity index (χ1) is 7.93. The van der Waals surface area contributed by atoms with E-state index in [1.165, 1.54) is 0 Å². The van der Waals surface area contributed by atoms with E-state index in [1.54, 1.807) is 32.2 Å². The molecular weight excluding hydrogens is 220 g/mol. The number of hydrogen-bond donors (Lipinski definition) is 2. The first-order valence-electron chi connectivity index (χ1n) is 5.31. The van der Waals surface area contributed by atoms with Crippen LogP contribution >= 0.6 is 0 Å². The second kappa shape index (κ2) is 3.89. The molecule has 0 bridgehead atoms. The number of aliphatic hydroxyl groups excluding tert-OH is 1. The molecule has 90 valence electrons. The summed E-state index contributed by atoms with van der Waals surface area (Å²) in [5, 5.41) is 19.5. The fourth-order valence-electron chi connectivity index (χ4n) is 1.83. The second-order valence-electron chi connectivity index (χ2n) is 4.64. The Morgan fingerprint density at radius 1 is 1.35 bits per heavy atom. The average Bonchev–Trinajstić information content (AvgIpc) is 2.74. The molecule has 2 rings (SSSR count). The van der Waals surface area contributed by atoms with Gasteiger partial charge in [0.1, 0.15) is 5.58 Å². The fourth-order valence-corrected chi connectivity index (χ4v) is 1.83. The van der Waals surface area contributed by atoms with E-state index in [0.29, 0.717) is 0 Å². The predicted octanol–water partition coefficient (Wildman–Crippen LogP) is 2.16. The zero-order valence-electron chi connectivity index (χ0n) is 9.68. The van der Waals surface area contributed by atoms with Crippen LogP contribution in [0.3, 0.4) is 0 Å². The monoisotopic (exact) mass is 234 g/mol. The van der Waals surface area contributed by atoms with Gasteiger partial charge in [-0.2, -0.15) is 0 Å². The van der Waals surface area contributed by atoms with Gasteiger partial charge in [-0.05, 0) is 23.8 Å². The third-order valence-electron chi connectivity index (χ3n) is 3.11. The summed E-state index contributed by atoms with van der Waals surface area (Å²) in [7, 11) is 0. The normalized spacial score (nSPS) is 13.8. The Balaban J connectivity index is 2.47. The van der Waals surface area contributed by atoms with E-state index in [4.69, 9.17) is 9.52 Å². The van der Waals surface area contributed by atoms with Crippen LogP contribution in [0.2, 0.25) is 0 Å². The third kappa shape index (κ3) is 1.91. The molecule has 1 aromatic carbocycles. The minimum Gasteiger partial charge on any atom is -0.479 e. The zero-order valence-corrected chi connectivity index (χ0v) is 9.68. The Morgan fingerprint density at radius 2 is 2.06 bits per heavy atom. The van der Waals surface area contributed by atoms with Gasteiger partial charge < -0.3 is 14.6 Å². The number of carbonyl (C=O) groups is 1. The van der Waals surface area contributed by atoms with Crippen molar-refractivity contribution in [3.05, 3.63) is 36.1 Å². The Bertz CT molecular complexity index is 553. The first kappa shape index (κ1) is 11.7. The summed E-state index contributed by atoms with van der Waals surface area (Å²) in [5.41, 5.74) is 0.660. The minimum absolute atomic E-state index is 0.745. The molecular formula is C13H14O4. The number of fused-ring (bicyclic) bond motifs is 1. The third-order valence-corrected chi connectivity index (χ3v) is 3.11. The highest BCUT2D eigenvalue weighted by Gasteiger charge is 2.35. The van der Waals surface area contributed by atoms with Crippen LogP contribution in [-0.4, -0.2) is 22.3 Å². The maximum absolute atomic E-state index is 10.9. The van der Waals surface area contributed by atoms with Crippen molar-refractivity contribution in [2.24, 2.45) is 0 Å². The molecule has 2 N–H and O–H groups in total.